The predicted molar refractivity (Wildman–Crippen MR) is 132 cm³/mol. The van der Waals surface area contributed by atoms with E-state index in [9.17, 15) is 24.3 Å². The molecule has 32 heavy (non-hydrogen) atoms. The van der Waals surface area contributed by atoms with Crippen LogP contribution in [-0.2, 0) is 19.2 Å². The normalized spacial score (nSPS) is 15.0. The van der Waals surface area contributed by atoms with Gasteiger partial charge in [-0.15, -0.1) is 0 Å². The Morgan fingerprint density at radius 3 is 1.81 bits per heavy atom. The van der Waals surface area contributed by atoms with E-state index in [0.29, 0.717) is 18.6 Å². The Morgan fingerprint density at radius 1 is 0.812 bits per heavy atom. The molecule has 0 aromatic rings. The van der Waals surface area contributed by atoms with E-state index in [1.54, 1.807) is 25.6 Å². The summed E-state index contributed by atoms with van der Waals surface area (Å²) in [6.07, 6.45) is 4.97. The molecule has 4 atom stereocenters. The van der Waals surface area contributed by atoms with Gasteiger partial charge in [0, 0.05) is 0 Å². The molecule has 0 radical (unpaired) electrons. The van der Waals surface area contributed by atoms with Crippen molar-refractivity contribution in [3.63, 3.8) is 0 Å². The zero-order valence-electron chi connectivity index (χ0n) is 20.0. The van der Waals surface area contributed by atoms with Crippen molar-refractivity contribution in [3.8, 4) is 0 Å². The molecule has 0 rings (SSSR count). The summed E-state index contributed by atoms with van der Waals surface area (Å²) in [6.45, 7) is 7.26. The summed E-state index contributed by atoms with van der Waals surface area (Å²) < 4.78 is 0. The molecular weight excluding hydrogens is 452 g/mol. The molecule has 0 aromatic heterocycles. The smallest absolute Gasteiger partial charge is 0.326 e. The molecule has 11 heteroatoms. The van der Waals surface area contributed by atoms with Crippen LogP contribution in [0.15, 0.2) is 0 Å². The average molecular weight is 493 g/mol. The maximum Gasteiger partial charge on any atom is 0.326 e. The first-order chi connectivity index (χ1) is 14.9. The second kappa shape index (κ2) is 16.2. The standard InChI is InChI=1S/C21H40N4O5S2/c1-12(2)11-16(21(29)30)24-20(28)17(13(3)4)25-19(27)15(8-10-32-6)23-18(26)14(22)7-9-31-5/h12-17H,7-11,22H2,1-6H3,(H,23,26)(H,24,28)(H,25,27)(H,29,30). The van der Waals surface area contributed by atoms with Crippen LogP contribution in [0.4, 0.5) is 0 Å². The quantitative estimate of drug-likeness (QED) is 0.215. The summed E-state index contributed by atoms with van der Waals surface area (Å²) in [5.74, 6) is -1.43. The van der Waals surface area contributed by atoms with Crippen molar-refractivity contribution in [2.75, 3.05) is 24.0 Å². The second-order valence-electron chi connectivity index (χ2n) is 8.49. The molecule has 0 saturated carbocycles. The fraction of sp³-hybridized carbons (Fsp3) is 0.810. The number of thioether (sulfide) groups is 2. The van der Waals surface area contributed by atoms with E-state index in [0.717, 1.165) is 5.75 Å². The minimum atomic E-state index is -1.12. The number of nitrogens with two attached hydrogens (primary N) is 1. The molecule has 9 nitrogen and oxygen atoms in total. The number of rotatable bonds is 16. The van der Waals surface area contributed by atoms with Crippen LogP contribution in [0, 0.1) is 11.8 Å². The van der Waals surface area contributed by atoms with Gasteiger partial charge in [-0.05, 0) is 55.1 Å². The molecule has 0 heterocycles. The second-order valence-corrected chi connectivity index (χ2v) is 10.5. The van der Waals surface area contributed by atoms with Gasteiger partial charge in [0.2, 0.25) is 17.7 Å². The molecule has 186 valence electrons. The van der Waals surface area contributed by atoms with Gasteiger partial charge in [-0.2, -0.15) is 23.5 Å². The minimum absolute atomic E-state index is 0.0740. The maximum atomic E-state index is 13.0. The predicted octanol–water partition coefficient (Wildman–Crippen LogP) is 1.06. The third-order valence-corrected chi connectivity index (χ3v) is 6.07. The molecule has 3 amide bonds. The summed E-state index contributed by atoms with van der Waals surface area (Å²) in [5, 5.41) is 17.3. The van der Waals surface area contributed by atoms with Crippen molar-refractivity contribution in [3.05, 3.63) is 0 Å². The van der Waals surface area contributed by atoms with Crippen LogP contribution in [-0.4, -0.2) is 77.0 Å². The lowest BCUT2D eigenvalue weighted by molar-refractivity contribution is -0.143. The van der Waals surface area contributed by atoms with E-state index in [1.807, 2.05) is 26.4 Å². The van der Waals surface area contributed by atoms with Gasteiger partial charge < -0.3 is 26.8 Å². The molecule has 6 N–H and O–H groups in total. The van der Waals surface area contributed by atoms with Gasteiger partial charge in [0.15, 0.2) is 0 Å². The van der Waals surface area contributed by atoms with Crippen LogP contribution in [0.2, 0.25) is 0 Å². The van der Waals surface area contributed by atoms with Crippen LogP contribution in [0.1, 0.15) is 47.0 Å². The Morgan fingerprint density at radius 2 is 1.34 bits per heavy atom. The summed E-state index contributed by atoms with van der Waals surface area (Å²) in [4.78, 5) is 49.7. The first kappa shape index (κ1) is 30.5. The lowest BCUT2D eigenvalue weighted by Gasteiger charge is -2.27. The van der Waals surface area contributed by atoms with Crippen LogP contribution in [0.5, 0.6) is 0 Å². The molecule has 0 aliphatic heterocycles. The maximum absolute atomic E-state index is 13.0. The highest BCUT2D eigenvalue weighted by atomic mass is 32.2. The Bertz CT molecular complexity index is 619. The van der Waals surface area contributed by atoms with E-state index >= 15 is 0 Å². The van der Waals surface area contributed by atoms with Crippen molar-refractivity contribution in [1.29, 1.82) is 0 Å². The number of carboxylic acid groups (broad SMARTS) is 1. The van der Waals surface area contributed by atoms with Crippen LogP contribution < -0.4 is 21.7 Å². The molecule has 0 spiro atoms. The Labute approximate surface area is 200 Å². The summed E-state index contributed by atoms with van der Waals surface area (Å²) in [6, 6.07) is -3.53. The third-order valence-electron chi connectivity index (χ3n) is 4.78. The van der Waals surface area contributed by atoms with Gasteiger partial charge in [-0.25, -0.2) is 4.79 Å². The lowest BCUT2D eigenvalue weighted by atomic mass is 10.00. The van der Waals surface area contributed by atoms with E-state index < -0.39 is 47.9 Å². The van der Waals surface area contributed by atoms with Crippen molar-refractivity contribution in [1.82, 2.24) is 16.0 Å². The first-order valence-electron chi connectivity index (χ1n) is 10.8. The largest absolute Gasteiger partial charge is 0.480 e. The molecule has 0 aliphatic rings. The van der Waals surface area contributed by atoms with E-state index in [1.165, 1.54) is 11.8 Å². The number of carbonyl (C=O) groups excluding carboxylic acids is 3. The summed E-state index contributed by atoms with van der Waals surface area (Å²) in [7, 11) is 0. The molecule has 0 aromatic carbocycles. The Kier molecular flexibility index (Phi) is 15.5. The van der Waals surface area contributed by atoms with Gasteiger partial charge >= 0.3 is 5.97 Å². The third kappa shape index (κ3) is 12.0. The highest BCUT2D eigenvalue weighted by Crippen LogP contribution is 2.09. The lowest BCUT2D eigenvalue weighted by Crippen LogP contribution is -2.58. The average Bonchev–Trinajstić information content (AvgIpc) is 2.71. The fourth-order valence-corrected chi connectivity index (χ4v) is 3.86. The topological polar surface area (TPSA) is 151 Å². The van der Waals surface area contributed by atoms with Gasteiger partial charge in [-0.1, -0.05) is 27.7 Å². The van der Waals surface area contributed by atoms with Crippen molar-refractivity contribution in [2.45, 2.75) is 71.1 Å². The number of hydrogen-bond acceptors (Lipinski definition) is 7. The summed E-state index contributed by atoms with van der Waals surface area (Å²) in [5.41, 5.74) is 5.92. The van der Waals surface area contributed by atoms with Crippen LogP contribution >= 0.6 is 23.5 Å². The number of carbonyl (C=O) groups is 4. The first-order valence-corrected chi connectivity index (χ1v) is 13.6. The van der Waals surface area contributed by atoms with E-state index in [-0.39, 0.29) is 18.3 Å². The Hall–Kier alpha value is -1.46. The zero-order chi connectivity index (χ0) is 24.8. The van der Waals surface area contributed by atoms with E-state index in [4.69, 9.17) is 5.73 Å². The summed E-state index contributed by atoms with van der Waals surface area (Å²) >= 11 is 3.12. The van der Waals surface area contributed by atoms with Crippen molar-refractivity contribution < 1.29 is 24.3 Å². The molecular formula is C21H40N4O5S2. The SMILES string of the molecule is CSCCC(N)C(=O)NC(CCSC)C(=O)NC(C(=O)NC(CC(C)C)C(=O)O)C(C)C. The van der Waals surface area contributed by atoms with Crippen LogP contribution in [0.25, 0.3) is 0 Å². The number of aliphatic carboxylic acids is 1. The molecule has 0 bridgehead atoms. The van der Waals surface area contributed by atoms with Gasteiger partial charge in [0.25, 0.3) is 0 Å². The van der Waals surface area contributed by atoms with Crippen LogP contribution in [0.3, 0.4) is 0 Å². The highest BCUT2D eigenvalue weighted by molar-refractivity contribution is 7.98. The van der Waals surface area contributed by atoms with Gasteiger partial charge in [0.05, 0.1) is 6.04 Å². The fourth-order valence-electron chi connectivity index (χ4n) is 2.90. The van der Waals surface area contributed by atoms with Gasteiger partial charge in [0.1, 0.15) is 18.1 Å². The number of nitrogens with one attached hydrogen (secondary N) is 3. The zero-order valence-corrected chi connectivity index (χ0v) is 21.6. The highest BCUT2D eigenvalue weighted by Gasteiger charge is 2.31. The number of carboxylic acids is 1. The molecule has 4 unspecified atom stereocenters. The van der Waals surface area contributed by atoms with E-state index in [2.05, 4.69) is 16.0 Å². The van der Waals surface area contributed by atoms with Crippen molar-refractivity contribution in [2.24, 2.45) is 17.6 Å². The van der Waals surface area contributed by atoms with Gasteiger partial charge in [-0.3, -0.25) is 14.4 Å². The number of amides is 3. The number of hydrogen-bond donors (Lipinski definition) is 5. The molecule has 0 saturated heterocycles. The molecule has 0 aliphatic carbocycles. The Balaban J connectivity index is 5.32. The minimum Gasteiger partial charge on any atom is -0.480 e. The molecule has 0 fully saturated rings. The van der Waals surface area contributed by atoms with Crippen molar-refractivity contribution >= 4 is 47.2 Å². The monoisotopic (exact) mass is 492 g/mol.